The zero-order valence-corrected chi connectivity index (χ0v) is 8.98. The number of hydrogen-bond acceptors (Lipinski definition) is 3. The van der Waals surface area contributed by atoms with Crippen molar-refractivity contribution in [3.8, 4) is 0 Å². The van der Waals surface area contributed by atoms with Crippen LogP contribution < -0.4 is 5.73 Å². The van der Waals surface area contributed by atoms with Crippen LogP contribution in [0, 0.1) is 0 Å². The lowest BCUT2D eigenvalue weighted by atomic mass is 10.3. The topological polar surface area (TPSA) is 52.3 Å². The van der Waals surface area contributed by atoms with Crippen LogP contribution in [-0.4, -0.2) is 22.9 Å². The van der Waals surface area contributed by atoms with Crippen molar-refractivity contribution in [2.75, 3.05) is 18.3 Å². The van der Waals surface area contributed by atoms with Crippen molar-refractivity contribution < 1.29 is 22.1 Å². The van der Waals surface area contributed by atoms with E-state index in [1.54, 1.807) is 0 Å². The third kappa shape index (κ3) is 4.63. The summed E-state index contributed by atoms with van der Waals surface area (Å²) in [6.45, 7) is -1.40. The minimum Gasteiger partial charge on any atom is -0.399 e. The van der Waals surface area contributed by atoms with Crippen LogP contribution in [0.1, 0.15) is 0 Å². The van der Waals surface area contributed by atoms with E-state index in [9.17, 15) is 17.4 Å². The van der Waals surface area contributed by atoms with E-state index in [0.717, 1.165) is 0 Å². The number of nitrogen functional groups attached to an aromatic ring is 1. The summed E-state index contributed by atoms with van der Waals surface area (Å²) in [7, 11) is -1.60. The quantitative estimate of drug-likeness (QED) is 0.834. The van der Waals surface area contributed by atoms with Crippen LogP contribution in [0.3, 0.4) is 0 Å². The molecule has 1 rings (SSSR count). The second-order valence-corrected chi connectivity index (χ2v) is 4.39. The first-order valence-corrected chi connectivity index (χ1v) is 5.59. The molecule has 0 aromatic heterocycles. The predicted octanol–water partition coefficient (Wildman–Crippen LogP) is 1.91. The first kappa shape index (κ1) is 13.0. The van der Waals surface area contributed by atoms with Gasteiger partial charge in [0.25, 0.3) is 0 Å². The highest BCUT2D eigenvalue weighted by Gasteiger charge is 2.27. The molecule has 1 aromatic carbocycles. The van der Waals surface area contributed by atoms with Crippen LogP contribution in [0.2, 0.25) is 0 Å². The van der Waals surface area contributed by atoms with Crippen LogP contribution in [-0.2, 0) is 15.5 Å². The summed E-state index contributed by atoms with van der Waals surface area (Å²) in [5, 5.41) is 0. The summed E-state index contributed by atoms with van der Waals surface area (Å²) in [4.78, 5) is 0.386. The molecule has 3 nitrogen and oxygen atoms in total. The van der Waals surface area contributed by atoms with E-state index in [1.807, 2.05) is 0 Å². The van der Waals surface area contributed by atoms with E-state index in [1.165, 1.54) is 24.3 Å². The highest BCUT2D eigenvalue weighted by molar-refractivity contribution is 7.84. The molecule has 0 spiro atoms. The molecule has 0 aliphatic heterocycles. The van der Waals surface area contributed by atoms with Gasteiger partial charge < -0.3 is 10.5 Å². The van der Waals surface area contributed by atoms with Crippen molar-refractivity contribution in [3.05, 3.63) is 24.3 Å². The zero-order chi connectivity index (χ0) is 12.2. The average molecular weight is 253 g/mol. The average Bonchev–Trinajstić information content (AvgIpc) is 2.16. The van der Waals surface area contributed by atoms with Crippen molar-refractivity contribution in [2.45, 2.75) is 11.1 Å². The monoisotopic (exact) mass is 253 g/mol. The van der Waals surface area contributed by atoms with Crippen LogP contribution in [0.5, 0.6) is 0 Å². The van der Waals surface area contributed by atoms with Crippen LogP contribution in [0.25, 0.3) is 0 Å². The number of anilines is 1. The maximum Gasteiger partial charge on any atom is 0.411 e. The summed E-state index contributed by atoms with van der Waals surface area (Å²) in [5.41, 5.74) is 5.90. The van der Waals surface area contributed by atoms with E-state index in [0.29, 0.717) is 10.6 Å². The Morgan fingerprint density at radius 2 is 1.81 bits per heavy atom. The lowest BCUT2D eigenvalue weighted by Gasteiger charge is -2.07. The van der Waals surface area contributed by atoms with Gasteiger partial charge in [-0.25, -0.2) is 0 Å². The highest BCUT2D eigenvalue weighted by atomic mass is 32.2. The molecule has 7 heteroatoms. The Labute approximate surface area is 92.9 Å². The van der Waals surface area contributed by atoms with E-state index in [2.05, 4.69) is 4.74 Å². The van der Waals surface area contributed by atoms with Crippen molar-refractivity contribution in [3.63, 3.8) is 0 Å². The van der Waals surface area contributed by atoms with E-state index in [-0.39, 0.29) is 0 Å². The Bertz CT molecular complexity index is 364. The Morgan fingerprint density at radius 1 is 1.25 bits per heavy atom. The Kier molecular flexibility index (Phi) is 4.31. The van der Waals surface area contributed by atoms with Crippen LogP contribution >= 0.6 is 0 Å². The summed E-state index contributed by atoms with van der Waals surface area (Å²) in [5.74, 6) is -0.483. The van der Waals surface area contributed by atoms with Gasteiger partial charge in [-0.2, -0.15) is 13.2 Å². The fourth-order valence-corrected chi connectivity index (χ4v) is 1.73. The standard InChI is InChI=1S/C9H10F3NO2S/c10-9(11,12)5-15-6-16(14)8-3-1-7(13)2-4-8/h1-4H,5-6,13H2. The molecule has 0 bridgehead atoms. The maximum atomic E-state index is 11.7. The van der Waals surface area contributed by atoms with Crippen molar-refractivity contribution in [1.82, 2.24) is 0 Å². The minimum atomic E-state index is -4.40. The number of benzene rings is 1. The van der Waals surface area contributed by atoms with Gasteiger partial charge in [0.1, 0.15) is 12.5 Å². The minimum absolute atomic E-state index is 0.386. The van der Waals surface area contributed by atoms with Crippen molar-refractivity contribution in [1.29, 1.82) is 0 Å². The number of nitrogens with two attached hydrogens (primary N) is 1. The zero-order valence-electron chi connectivity index (χ0n) is 8.16. The molecule has 0 saturated carbocycles. The highest BCUT2D eigenvalue weighted by Crippen LogP contribution is 2.15. The fourth-order valence-electron chi connectivity index (χ4n) is 0.921. The third-order valence-corrected chi connectivity index (χ3v) is 2.78. The SMILES string of the molecule is Nc1ccc(S(=O)COCC(F)(F)F)cc1. The number of alkyl halides is 3. The van der Waals surface area contributed by atoms with Crippen LogP contribution in [0.15, 0.2) is 29.2 Å². The molecule has 0 aliphatic rings. The Morgan fingerprint density at radius 3 is 2.31 bits per heavy atom. The molecule has 1 aromatic rings. The van der Waals surface area contributed by atoms with Gasteiger partial charge in [-0.3, -0.25) is 4.21 Å². The first-order chi connectivity index (χ1) is 7.38. The molecule has 0 fully saturated rings. The van der Waals surface area contributed by atoms with Gasteiger partial charge in [0, 0.05) is 10.6 Å². The molecule has 0 aliphatic carbocycles. The number of hydrogen-bond donors (Lipinski definition) is 1. The molecule has 1 atom stereocenters. The van der Waals surface area contributed by atoms with Crippen molar-refractivity contribution >= 4 is 16.5 Å². The Balaban J connectivity index is 2.44. The molecule has 0 radical (unpaired) electrons. The second-order valence-electron chi connectivity index (χ2n) is 3.00. The molecular formula is C9H10F3NO2S. The predicted molar refractivity (Wildman–Crippen MR) is 54.1 cm³/mol. The normalized spacial score (nSPS) is 13.7. The van der Waals surface area contributed by atoms with E-state index >= 15 is 0 Å². The lowest BCUT2D eigenvalue weighted by molar-refractivity contribution is -0.169. The number of halogens is 3. The van der Waals surface area contributed by atoms with Gasteiger partial charge in [0.15, 0.2) is 0 Å². The molecule has 0 heterocycles. The molecule has 90 valence electrons. The summed E-state index contributed by atoms with van der Waals surface area (Å²) < 4.78 is 50.9. The molecule has 16 heavy (non-hydrogen) atoms. The smallest absolute Gasteiger partial charge is 0.399 e. The number of rotatable bonds is 4. The van der Waals surface area contributed by atoms with E-state index < -0.39 is 29.5 Å². The van der Waals surface area contributed by atoms with Gasteiger partial charge in [0.2, 0.25) is 0 Å². The largest absolute Gasteiger partial charge is 0.411 e. The molecule has 2 N–H and O–H groups in total. The van der Waals surface area contributed by atoms with Crippen LogP contribution in [0.4, 0.5) is 18.9 Å². The molecular weight excluding hydrogens is 243 g/mol. The number of ether oxygens (including phenoxy) is 1. The molecule has 0 amide bonds. The lowest BCUT2D eigenvalue weighted by Crippen LogP contribution is -2.18. The fraction of sp³-hybridized carbons (Fsp3) is 0.333. The van der Waals surface area contributed by atoms with Gasteiger partial charge in [-0.1, -0.05) is 0 Å². The molecule has 0 saturated heterocycles. The summed E-state index contributed by atoms with van der Waals surface area (Å²) >= 11 is 0. The van der Waals surface area contributed by atoms with Gasteiger partial charge >= 0.3 is 6.18 Å². The van der Waals surface area contributed by atoms with Gasteiger partial charge in [0.05, 0.1) is 10.8 Å². The second kappa shape index (κ2) is 5.31. The van der Waals surface area contributed by atoms with Gasteiger partial charge in [-0.15, -0.1) is 0 Å². The van der Waals surface area contributed by atoms with Gasteiger partial charge in [-0.05, 0) is 24.3 Å². The van der Waals surface area contributed by atoms with Crippen molar-refractivity contribution in [2.24, 2.45) is 0 Å². The van der Waals surface area contributed by atoms with E-state index in [4.69, 9.17) is 5.73 Å². The maximum absolute atomic E-state index is 11.7. The summed E-state index contributed by atoms with van der Waals surface area (Å²) in [6.07, 6.45) is -4.40. The summed E-state index contributed by atoms with van der Waals surface area (Å²) in [6, 6.07) is 6.03. The first-order valence-electron chi connectivity index (χ1n) is 4.27. The Hall–Kier alpha value is -1.08. The molecule has 1 unspecified atom stereocenters. The third-order valence-electron chi connectivity index (χ3n) is 1.60.